The average Bonchev–Trinajstić information content (AvgIpc) is 3.28. The van der Waals surface area contributed by atoms with Gasteiger partial charge in [-0.2, -0.15) is 0 Å². The maximum Gasteiger partial charge on any atom is 0.0518 e. The lowest BCUT2D eigenvalue weighted by molar-refractivity contribution is 0.906. The van der Waals surface area contributed by atoms with E-state index in [9.17, 15) is 0 Å². The Kier molecular flexibility index (Phi) is 6.45. The highest BCUT2D eigenvalue weighted by Crippen LogP contribution is 2.47. The Morgan fingerprint density at radius 2 is 0.500 bits per heavy atom. The second kappa shape index (κ2) is 9.13. The molecule has 0 N–H and O–H groups in total. The summed E-state index contributed by atoms with van der Waals surface area (Å²) in [7, 11) is 4.43. The van der Waals surface area contributed by atoms with Crippen molar-refractivity contribution < 1.29 is 0 Å². The monoisotopic (exact) mass is 532 g/mol. The van der Waals surface area contributed by atoms with Gasteiger partial charge in [0.25, 0.3) is 0 Å². The van der Waals surface area contributed by atoms with Gasteiger partial charge in [0.05, 0.1) is 11.0 Å². The van der Waals surface area contributed by atoms with Crippen LogP contribution in [0, 0.1) is 96.9 Å². The summed E-state index contributed by atoms with van der Waals surface area (Å²) in [5, 5.41) is 2.86. The van der Waals surface area contributed by atoms with Gasteiger partial charge < -0.3 is 9.13 Å². The minimum Gasteiger partial charge on any atom is -0.347 e. The van der Waals surface area contributed by atoms with Crippen LogP contribution in [0.15, 0.2) is 0 Å². The Morgan fingerprint density at radius 1 is 0.275 bits per heavy atom. The molecular weight excluding hydrogens is 484 g/mol. The van der Waals surface area contributed by atoms with Crippen molar-refractivity contribution in [3.63, 3.8) is 0 Å². The summed E-state index contributed by atoms with van der Waals surface area (Å²) in [5.41, 5.74) is 28.1. The van der Waals surface area contributed by atoms with Gasteiger partial charge in [0, 0.05) is 36.3 Å². The number of benzene rings is 3. The van der Waals surface area contributed by atoms with Crippen molar-refractivity contribution in [1.82, 2.24) is 9.13 Å². The van der Waals surface area contributed by atoms with E-state index >= 15 is 0 Å². The largest absolute Gasteiger partial charge is 0.347 e. The van der Waals surface area contributed by atoms with Crippen molar-refractivity contribution in [2.75, 3.05) is 0 Å². The fourth-order valence-corrected chi connectivity index (χ4v) is 8.04. The number of fused-ring (bicyclic) bond motifs is 2. The lowest BCUT2D eigenvalue weighted by Gasteiger charge is -2.27. The molecule has 2 aromatic heterocycles. The third-order valence-electron chi connectivity index (χ3n) is 11.2. The highest BCUT2D eigenvalue weighted by Gasteiger charge is 2.27. The summed E-state index contributed by atoms with van der Waals surface area (Å²) < 4.78 is 4.78. The van der Waals surface area contributed by atoms with Crippen LogP contribution in [0.3, 0.4) is 0 Å². The third kappa shape index (κ3) is 3.34. The molecule has 5 aromatic rings. The zero-order valence-corrected chi connectivity index (χ0v) is 27.9. The van der Waals surface area contributed by atoms with E-state index in [-0.39, 0.29) is 0 Å². The lowest BCUT2D eigenvalue weighted by Crippen LogP contribution is -2.06. The van der Waals surface area contributed by atoms with Crippen LogP contribution in [-0.4, -0.2) is 9.13 Å². The van der Waals surface area contributed by atoms with E-state index in [1.165, 1.54) is 122 Å². The predicted molar refractivity (Wildman–Crippen MR) is 177 cm³/mol. The number of nitrogens with zero attached hydrogens (tertiary/aromatic N) is 2. The highest BCUT2D eigenvalue weighted by molar-refractivity contribution is 6.01. The van der Waals surface area contributed by atoms with Crippen LogP contribution in [0.1, 0.15) is 78.1 Å². The van der Waals surface area contributed by atoms with E-state index in [0.717, 1.165) is 0 Å². The first-order valence-electron chi connectivity index (χ1n) is 14.8. The number of aromatic nitrogens is 2. The zero-order valence-electron chi connectivity index (χ0n) is 27.9. The molecule has 0 spiro atoms. The molecule has 0 amide bonds. The van der Waals surface area contributed by atoms with Gasteiger partial charge in [-0.05, 0) is 186 Å². The van der Waals surface area contributed by atoms with Crippen LogP contribution in [0.5, 0.6) is 0 Å². The first kappa shape index (κ1) is 28.3. The van der Waals surface area contributed by atoms with Crippen LogP contribution >= 0.6 is 0 Å². The van der Waals surface area contributed by atoms with Gasteiger partial charge in [0.1, 0.15) is 0 Å². The molecule has 0 saturated carbocycles. The first-order valence-corrected chi connectivity index (χ1v) is 14.8. The van der Waals surface area contributed by atoms with Gasteiger partial charge in [0.2, 0.25) is 0 Å². The number of rotatable bonds is 2. The summed E-state index contributed by atoms with van der Waals surface area (Å²) >= 11 is 0. The van der Waals surface area contributed by atoms with E-state index in [2.05, 4.69) is 120 Å². The van der Waals surface area contributed by atoms with Crippen molar-refractivity contribution in [2.45, 2.75) is 96.9 Å². The number of aryl methyl sites for hydroxylation is 8. The molecular formula is C38H48N2. The molecule has 0 aliphatic rings. The molecule has 0 unspecified atom stereocenters. The van der Waals surface area contributed by atoms with Gasteiger partial charge in [-0.25, -0.2) is 0 Å². The molecule has 0 aliphatic carbocycles. The van der Waals surface area contributed by atoms with Gasteiger partial charge >= 0.3 is 0 Å². The van der Waals surface area contributed by atoms with Gasteiger partial charge in [-0.15, -0.1) is 0 Å². The van der Waals surface area contributed by atoms with Gasteiger partial charge in [-0.3, -0.25) is 0 Å². The summed E-state index contributed by atoms with van der Waals surface area (Å²) in [5.74, 6) is 0. The SMILES string of the molecule is Cc1c(C)c(-c2c(C)c(C)c3c(c2C)c(C)c(C)n3C)c(C)c(C)c1-c1c(C)c(C)c2c(c1C)c(C)c(C)n2C. The fourth-order valence-electron chi connectivity index (χ4n) is 8.04. The van der Waals surface area contributed by atoms with Crippen molar-refractivity contribution in [3.05, 3.63) is 78.1 Å². The summed E-state index contributed by atoms with van der Waals surface area (Å²) in [6.45, 7) is 32.5. The van der Waals surface area contributed by atoms with E-state index in [1.807, 2.05) is 0 Å². The van der Waals surface area contributed by atoms with Crippen LogP contribution in [0.25, 0.3) is 44.1 Å². The van der Waals surface area contributed by atoms with Crippen molar-refractivity contribution in [3.8, 4) is 22.3 Å². The Morgan fingerprint density at radius 3 is 0.775 bits per heavy atom. The third-order valence-corrected chi connectivity index (χ3v) is 11.2. The maximum absolute atomic E-state index is 2.39. The Labute approximate surface area is 242 Å². The average molecular weight is 533 g/mol. The number of hydrogen-bond acceptors (Lipinski definition) is 0. The maximum atomic E-state index is 2.39. The molecule has 0 fully saturated rings. The van der Waals surface area contributed by atoms with E-state index in [4.69, 9.17) is 0 Å². The quantitative estimate of drug-likeness (QED) is 0.214. The smallest absolute Gasteiger partial charge is 0.0518 e. The van der Waals surface area contributed by atoms with E-state index in [0.29, 0.717) is 0 Å². The molecule has 5 rings (SSSR count). The van der Waals surface area contributed by atoms with Crippen molar-refractivity contribution in [2.24, 2.45) is 14.1 Å². The molecule has 210 valence electrons. The Bertz CT molecular complexity index is 1760. The summed E-state index contributed by atoms with van der Waals surface area (Å²) in [6.07, 6.45) is 0. The minimum atomic E-state index is 1.36. The molecule has 2 nitrogen and oxygen atoms in total. The van der Waals surface area contributed by atoms with Crippen molar-refractivity contribution in [1.29, 1.82) is 0 Å². The van der Waals surface area contributed by atoms with Crippen LogP contribution < -0.4 is 0 Å². The lowest BCUT2D eigenvalue weighted by atomic mass is 9.77. The molecule has 0 aliphatic heterocycles. The minimum absolute atomic E-state index is 1.36. The fraction of sp³-hybridized carbons (Fsp3) is 0.421. The zero-order chi connectivity index (χ0) is 29.9. The van der Waals surface area contributed by atoms with Crippen LogP contribution in [-0.2, 0) is 14.1 Å². The first-order chi connectivity index (χ1) is 18.6. The van der Waals surface area contributed by atoms with Gasteiger partial charge in [-0.1, -0.05) is 0 Å². The van der Waals surface area contributed by atoms with E-state index in [1.54, 1.807) is 0 Å². The molecule has 0 atom stereocenters. The molecule has 40 heavy (non-hydrogen) atoms. The normalized spacial score (nSPS) is 12.0. The highest BCUT2D eigenvalue weighted by atomic mass is 15.0. The molecule has 0 saturated heterocycles. The predicted octanol–water partition coefficient (Wildman–Crippen LogP) is 10.3. The van der Waals surface area contributed by atoms with Crippen LogP contribution in [0.2, 0.25) is 0 Å². The van der Waals surface area contributed by atoms with Gasteiger partial charge in [0.15, 0.2) is 0 Å². The molecule has 2 heterocycles. The van der Waals surface area contributed by atoms with Crippen LogP contribution in [0.4, 0.5) is 0 Å². The summed E-state index contributed by atoms with van der Waals surface area (Å²) in [4.78, 5) is 0. The Hall–Kier alpha value is -3.26. The molecule has 3 aromatic carbocycles. The summed E-state index contributed by atoms with van der Waals surface area (Å²) in [6, 6.07) is 0. The Balaban J connectivity index is 1.92. The second-order valence-corrected chi connectivity index (χ2v) is 12.7. The number of hydrogen-bond donors (Lipinski definition) is 0. The molecule has 0 bridgehead atoms. The van der Waals surface area contributed by atoms with Crippen molar-refractivity contribution >= 4 is 21.8 Å². The molecule has 2 heteroatoms. The topological polar surface area (TPSA) is 9.86 Å². The second-order valence-electron chi connectivity index (χ2n) is 12.7. The molecule has 0 radical (unpaired) electrons. The van der Waals surface area contributed by atoms with E-state index < -0.39 is 0 Å². The standard InChI is InChI=1S/C38H48N2/c1-17-18(2)32(34-22(6)24(8)38-36(28(34)12)26(10)30(14)40(38)16)20(4)19(3)31(17)33-21(5)23(7)37-35(27(33)11)25(9)29(13)39(37)15/h1-16H3.